The Labute approximate surface area is 184 Å². The number of ether oxygens (including phenoxy) is 3. The van der Waals surface area contributed by atoms with Crippen LogP contribution in [0.15, 0.2) is 60.7 Å². The van der Waals surface area contributed by atoms with Crippen molar-refractivity contribution in [2.75, 3.05) is 20.8 Å². The minimum Gasteiger partial charge on any atom is -0.496 e. The largest absolute Gasteiger partial charge is 0.496 e. The Balaban J connectivity index is 1.79. The van der Waals surface area contributed by atoms with Crippen molar-refractivity contribution < 1.29 is 19.3 Å². The van der Waals surface area contributed by atoms with Gasteiger partial charge in [-0.25, -0.2) is 0 Å². The summed E-state index contributed by atoms with van der Waals surface area (Å²) < 4.78 is 17.3. The molecule has 0 bridgehead atoms. The summed E-state index contributed by atoms with van der Waals surface area (Å²) in [5.74, 6) is 2.04. The van der Waals surface area contributed by atoms with Crippen LogP contribution >= 0.6 is 0 Å². The molecule has 0 aliphatic heterocycles. The van der Waals surface area contributed by atoms with Crippen LogP contribution in [0.4, 0.5) is 0 Å². The lowest BCUT2D eigenvalue weighted by Gasteiger charge is -2.18. The maximum absolute atomic E-state index is 9.48. The van der Waals surface area contributed by atoms with Gasteiger partial charge >= 0.3 is 0 Å². The second-order valence-corrected chi connectivity index (χ2v) is 7.53. The lowest BCUT2D eigenvalue weighted by molar-refractivity contribution is 0.190. The lowest BCUT2D eigenvalue weighted by Crippen LogP contribution is -2.24. The van der Waals surface area contributed by atoms with Crippen LogP contribution in [0.25, 0.3) is 11.1 Å². The van der Waals surface area contributed by atoms with E-state index in [1.807, 2.05) is 30.3 Å². The van der Waals surface area contributed by atoms with E-state index in [0.717, 1.165) is 11.1 Å². The molecule has 0 fully saturated rings. The van der Waals surface area contributed by atoms with E-state index < -0.39 is 6.10 Å². The molecule has 0 radical (unpaired) electrons. The first-order valence-corrected chi connectivity index (χ1v) is 10.4. The van der Waals surface area contributed by atoms with Crippen LogP contribution in [0.1, 0.15) is 23.6 Å². The first-order valence-electron chi connectivity index (χ1n) is 10.4. The number of hydrogen-bond donors (Lipinski definition) is 2. The molecule has 1 unspecified atom stereocenters. The van der Waals surface area contributed by atoms with Crippen molar-refractivity contribution >= 4 is 0 Å². The monoisotopic (exact) mass is 421 g/mol. The summed E-state index contributed by atoms with van der Waals surface area (Å²) in [6.45, 7) is 5.32. The van der Waals surface area contributed by atoms with E-state index in [4.69, 9.17) is 14.2 Å². The molecule has 0 saturated heterocycles. The standard InChI is InChI=1S/C26H31NO4/c1-18(28)15-27-16-24-25(29-3)13-22(14-26(24)30-4)31-17-21-11-8-12-23(19(21)2)20-9-6-5-7-10-20/h5-14,18,27-28H,15-17H2,1-4H3. The normalized spacial score (nSPS) is 11.8. The fourth-order valence-electron chi connectivity index (χ4n) is 3.55. The zero-order chi connectivity index (χ0) is 22.2. The second-order valence-electron chi connectivity index (χ2n) is 7.53. The van der Waals surface area contributed by atoms with Gasteiger partial charge in [-0.1, -0.05) is 48.5 Å². The van der Waals surface area contributed by atoms with Crippen molar-refractivity contribution in [3.05, 3.63) is 77.4 Å². The summed E-state index contributed by atoms with van der Waals surface area (Å²) in [6.07, 6.45) is -0.422. The van der Waals surface area contributed by atoms with Crippen LogP contribution in [0.2, 0.25) is 0 Å². The molecule has 1 atom stereocenters. The molecule has 2 N–H and O–H groups in total. The van der Waals surface area contributed by atoms with Crippen LogP contribution in [0.3, 0.4) is 0 Å². The van der Waals surface area contributed by atoms with Crippen molar-refractivity contribution in [1.29, 1.82) is 0 Å². The van der Waals surface area contributed by atoms with Crippen LogP contribution in [0, 0.1) is 6.92 Å². The number of nitrogens with one attached hydrogen (secondary N) is 1. The highest BCUT2D eigenvalue weighted by atomic mass is 16.5. The molecule has 164 valence electrons. The average Bonchev–Trinajstić information content (AvgIpc) is 2.79. The Morgan fingerprint density at radius 2 is 1.61 bits per heavy atom. The first-order chi connectivity index (χ1) is 15.0. The van der Waals surface area contributed by atoms with Crippen LogP contribution in [0.5, 0.6) is 17.2 Å². The van der Waals surface area contributed by atoms with Gasteiger partial charge in [0.1, 0.15) is 23.9 Å². The van der Waals surface area contributed by atoms with Gasteiger partial charge in [-0.05, 0) is 36.1 Å². The predicted octanol–water partition coefficient (Wildman–Crippen LogP) is 4.73. The van der Waals surface area contributed by atoms with E-state index >= 15 is 0 Å². The number of aliphatic hydroxyl groups is 1. The van der Waals surface area contributed by atoms with Gasteiger partial charge in [-0.2, -0.15) is 0 Å². The molecular formula is C26H31NO4. The van der Waals surface area contributed by atoms with Crippen LogP contribution in [-0.4, -0.2) is 32.0 Å². The van der Waals surface area contributed by atoms with Gasteiger partial charge in [-0.3, -0.25) is 0 Å². The maximum Gasteiger partial charge on any atom is 0.130 e. The Morgan fingerprint density at radius 3 is 2.23 bits per heavy atom. The molecule has 3 rings (SSSR count). The molecule has 0 amide bonds. The number of methoxy groups -OCH3 is 2. The molecule has 0 aliphatic rings. The van der Waals surface area contributed by atoms with Crippen LogP contribution < -0.4 is 19.5 Å². The van der Waals surface area contributed by atoms with E-state index in [-0.39, 0.29) is 0 Å². The maximum atomic E-state index is 9.48. The van der Waals surface area contributed by atoms with Crippen molar-refractivity contribution in [2.24, 2.45) is 0 Å². The third-order valence-electron chi connectivity index (χ3n) is 5.25. The van der Waals surface area contributed by atoms with E-state index in [2.05, 4.69) is 42.6 Å². The molecule has 5 nitrogen and oxygen atoms in total. The van der Waals surface area contributed by atoms with E-state index in [1.165, 1.54) is 16.7 Å². The summed E-state index contributed by atoms with van der Waals surface area (Å²) in [5, 5.41) is 12.7. The minimum absolute atomic E-state index is 0.422. The number of rotatable bonds is 10. The SMILES string of the molecule is COc1cc(OCc2cccc(-c3ccccc3)c2C)cc(OC)c1CNCC(C)O. The lowest BCUT2D eigenvalue weighted by atomic mass is 9.97. The molecule has 3 aromatic carbocycles. The van der Waals surface area contributed by atoms with E-state index in [0.29, 0.717) is 36.9 Å². The summed E-state index contributed by atoms with van der Waals surface area (Å²) in [4.78, 5) is 0. The number of benzene rings is 3. The molecule has 0 heterocycles. The Kier molecular flexibility index (Phi) is 7.93. The van der Waals surface area contributed by atoms with Crippen molar-refractivity contribution in [1.82, 2.24) is 5.32 Å². The van der Waals surface area contributed by atoms with Gasteiger partial charge in [0, 0.05) is 25.2 Å². The zero-order valence-corrected chi connectivity index (χ0v) is 18.6. The third-order valence-corrected chi connectivity index (χ3v) is 5.25. The quantitative estimate of drug-likeness (QED) is 0.496. The molecule has 0 aromatic heterocycles. The molecule has 0 saturated carbocycles. The smallest absolute Gasteiger partial charge is 0.130 e. The van der Waals surface area contributed by atoms with Crippen molar-refractivity contribution in [2.45, 2.75) is 33.1 Å². The highest BCUT2D eigenvalue weighted by molar-refractivity contribution is 5.68. The average molecular weight is 422 g/mol. The summed E-state index contributed by atoms with van der Waals surface area (Å²) in [6, 6.07) is 20.4. The number of hydrogen-bond acceptors (Lipinski definition) is 5. The fourth-order valence-corrected chi connectivity index (χ4v) is 3.55. The summed E-state index contributed by atoms with van der Waals surface area (Å²) in [7, 11) is 3.26. The summed E-state index contributed by atoms with van der Waals surface area (Å²) in [5.41, 5.74) is 5.62. The third kappa shape index (κ3) is 5.78. The van der Waals surface area contributed by atoms with E-state index in [9.17, 15) is 5.11 Å². The Bertz CT molecular complexity index is 961. The van der Waals surface area contributed by atoms with Gasteiger partial charge in [-0.15, -0.1) is 0 Å². The molecule has 0 spiro atoms. The highest BCUT2D eigenvalue weighted by Gasteiger charge is 2.14. The molecule has 31 heavy (non-hydrogen) atoms. The molecular weight excluding hydrogens is 390 g/mol. The van der Waals surface area contributed by atoms with Crippen molar-refractivity contribution in [3.8, 4) is 28.4 Å². The van der Waals surface area contributed by atoms with Crippen LogP contribution in [-0.2, 0) is 13.2 Å². The van der Waals surface area contributed by atoms with Crippen molar-refractivity contribution in [3.63, 3.8) is 0 Å². The van der Waals surface area contributed by atoms with E-state index in [1.54, 1.807) is 21.1 Å². The summed E-state index contributed by atoms with van der Waals surface area (Å²) >= 11 is 0. The minimum atomic E-state index is -0.422. The fraction of sp³-hybridized carbons (Fsp3) is 0.308. The van der Waals surface area contributed by atoms with Gasteiger partial charge in [0.15, 0.2) is 0 Å². The number of aliphatic hydroxyl groups excluding tert-OH is 1. The zero-order valence-electron chi connectivity index (χ0n) is 18.6. The van der Waals surface area contributed by atoms with Gasteiger partial charge in [0.05, 0.1) is 25.9 Å². The second kappa shape index (κ2) is 10.8. The van der Waals surface area contributed by atoms with Gasteiger partial charge in [0.25, 0.3) is 0 Å². The molecule has 0 aliphatic carbocycles. The predicted molar refractivity (Wildman–Crippen MR) is 124 cm³/mol. The Morgan fingerprint density at radius 1 is 0.935 bits per heavy atom. The molecule has 3 aromatic rings. The topological polar surface area (TPSA) is 60.0 Å². The first kappa shape index (κ1) is 22.7. The van der Waals surface area contributed by atoms with Gasteiger partial charge < -0.3 is 24.6 Å². The van der Waals surface area contributed by atoms with Gasteiger partial charge in [0.2, 0.25) is 0 Å². The highest BCUT2D eigenvalue weighted by Crippen LogP contribution is 2.35. The molecule has 5 heteroatoms. The Hall–Kier alpha value is -3.02.